The van der Waals surface area contributed by atoms with E-state index in [4.69, 9.17) is 33.7 Å². The van der Waals surface area contributed by atoms with Gasteiger partial charge in [-0.3, -0.25) is 0 Å². The fraction of sp³-hybridized carbons (Fsp3) is 0.359. The highest BCUT2D eigenvalue weighted by Gasteiger charge is 2.37. The van der Waals surface area contributed by atoms with Gasteiger partial charge in [0.1, 0.15) is 34.0 Å². The zero-order valence-corrected chi connectivity index (χ0v) is 31.8. The highest BCUT2D eigenvalue weighted by atomic mass is 31.2. The summed E-state index contributed by atoms with van der Waals surface area (Å²) >= 11 is 0. The predicted molar refractivity (Wildman–Crippen MR) is 198 cm³/mol. The lowest BCUT2D eigenvalue weighted by atomic mass is 10.1. The molecule has 11 nitrogen and oxygen atoms in total. The fourth-order valence-corrected chi connectivity index (χ4v) is 6.82. The molecule has 13 heteroatoms. The van der Waals surface area contributed by atoms with Gasteiger partial charge >= 0.3 is 19.5 Å². The zero-order valence-electron chi connectivity index (χ0n) is 30.9. The van der Waals surface area contributed by atoms with Crippen molar-refractivity contribution in [2.24, 2.45) is 5.92 Å². The van der Waals surface area contributed by atoms with Gasteiger partial charge in [-0.2, -0.15) is 0 Å². The number of halogens is 1. The Balaban J connectivity index is 1.56. The first-order valence-corrected chi connectivity index (χ1v) is 18.5. The van der Waals surface area contributed by atoms with E-state index < -0.39 is 36.6 Å². The number of hydrogen-bond acceptors (Lipinski definition) is 10. The molecule has 0 spiro atoms. The average molecular weight is 734 g/mol. The fourth-order valence-electron chi connectivity index (χ4n) is 5.34. The van der Waals surface area contributed by atoms with Gasteiger partial charge in [0.05, 0.1) is 22.3 Å². The summed E-state index contributed by atoms with van der Waals surface area (Å²) in [6.07, 6.45) is 0.538. The molecule has 0 saturated heterocycles. The number of rotatable bonds is 11. The number of esters is 2. The molecule has 5 aromatic rings. The van der Waals surface area contributed by atoms with E-state index in [1.165, 1.54) is 60.7 Å². The van der Waals surface area contributed by atoms with Crippen LogP contribution in [0.15, 0.2) is 71.1 Å². The maximum atomic E-state index is 14.8. The number of fused-ring (bicyclic) bond motifs is 1. The van der Waals surface area contributed by atoms with Crippen LogP contribution in [0, 0.1) is 11.7 Å². The molecule has 0 saturated carbocycles. The van der Waals surface area contributed by atoms with Crippen LogP contribution in [0.4, 0.5) is 10.1 Å². The molecule has 2 N–H and O–H groups in total. The average Bonchev–Trinajstić information content (AvgIpc) is 3.68. The number of carbonyl (C=O) groups excluding carboxylic acids is 2. The summed E-state index contributed by atoms with van der Waals surface area (Å²) < 4.78 is 60.8. The molecule has 0 aliphatic carbocycles. The molecule has 0 radical (unpaired) electrons. The van der Waals surface area contributed by atoms with Crippen molar-refractivity contribution in [1.29, 1.82) is 0 Å². The first-order chi connectivity index (χ1) is 24.3. The molecule has 0 aliphatic rings. The van der Waals surface area contributed by atoms with Crippen molar-refractivity contribution in [2.45, 2.75) is 86.5 Å². The number of aromatic nitrogens is 2. The minimum atomic E-state index is -4.39. The minimum Gasteiger partial charge on any atom is -0.456 e. The van der Waals surface area contributed by atoms with E-state index in [0.29, 0.717) is 29.8 Å². The van der Waals surface area contributed by atoms with E-state index in [9.17, 15) is 18.5 Å². The topological polar surface area (TPSA) is 145 Å². The monoisotopic (exact) mass is 733 g/mol. The summed E-state index contributed by atoms with van der Waals surface area (Å²) in [7, 11) is -4.39. The van der Waals surface area contributed by atoms with Crippen LogP contribution in [-0.4, -0.2) is 32.7 Å². The number of anilines is 1. The third-order valence-corrected chi connectivity index (χ3v) is 9.21. The second kappa shape index (κ2) is 14.5. The number of ether oxygens (including phenoxy) is 2. The SMILES string of the molecule is CCc1cc(F)c(N)c2nc(-c3ccc(P(=O)(Oc4ccc(C(=O)OC(C)(C)C)cc4)Oc4ccc(C(=O)OC(C)(C)C)cc4)o3)n(CC(C)C)c12. The lowest BCUT2D eigenvalue weighted by Crippen LogP contribution is -2.23. The van der Waals surface area contributed by atoms with E-state index in [1.807, 2.05) is 25.3 Å². The molecule has 3 aromatic carbocycles. The number of aryl methyl sites for hydroxylation is 1. The summed E-state index contributed by atoms with van der Waals surface area (Å²) in [6.45, 7) is 17.1. The van der Waals surface area contributed by atoms with Gasteiger partial charge < -0.3 is 33.2 Å². The number of imidazole rings is 1. The van der Waals surface area contributed by atoms with Crippen molar-refractivity contribution in [2.75, 3.05) is 5.73 Å². The van der Waals surface area contributed by atoms with Crippen molar-refractivity contribution < 1.29 is 41.5 Å². The number of nitrogens with two attached hydrogens (primary N) is 1. The van der Waals surface area contributed by atoms with Crippen molar-refractivity contribution >= 4 is 41.8 Å². The molecule has 0 bridgehead atoms. The van der Waals surface area contributed by atoms with Gasteiger partial charge in [0.15, 0.2) is 11.6 Å². The lowest BCUT2D eigenvalue weighted by molar-refractivity contribution is 0.00570. The van der Waals surface area contributed by atoms with Crippen molar-refractivity contribution in [3.8, 4) is 23.1 Å². The van der Waals surface area contributed by atoms with Crippen LogP contribution in [0.1, 0.15) is 88.6 Å². The van der Waals surface area contributed by atoms with Crippen LogP contribution in [0.5, 0.6) is 11.5 Å². The molecule has 0 atom stereocenters. The normalized spacial score (nSPS) is 12.3. The Kier molecular flexibility index (Phi) is 10.6. The Hall–Kier alpha value is -5.09. The molecule has 2 heterocycles. The van der Waals surface area contributed by atoms with Crippen LogP contribution in [0.3, 0.4) is 0 Å². The Labute approximate surface area is 302 Å². The molecule has 0 aliphatic heterocycles. The van der Waals surface area contributed by atoms with Gasteiger partial charge in [0, 0.05) is 6.54 Å². The molecule has 0 unspecified atom stereocenters. The molecule has 0 fully saturated rings. The maximum absolute atomic E-state index is 14.8. The first-order valence-electron chi connectivity index (χ1n) is 17.0. The number of benzene rings is 3. The van der Waals surface area contributed by atoms with E-state index in [0.717, 1.165) is 5.56 Å². The van der Waals surface area contributed by atoms with Gasteiger partial charge in [-0.15, -0.1) is 0 Å². The van der Waals surface area contributed by atoms with Gasteiger partial charge in [0.2, 0.25) is 5.50 Å². The zero-order chi connectivity index (χ0) is 38.2. The van der Waals surface area contributed by atoms with E-state index in [1.54, 1.807) is 47.6 Å². The highest BCUT2D eigenvalue weighted by Crippen LogP contribution is 2.49. The Morgan fingerprint density at radius 3 is 1.81 bits per heavy atom. The smallest absolute Gasteiger partial charge is 0.456 e. The summed E-state index contributed by atoms with van der Waals surface area (Å²) in [5.41, 5.74) is 6.80. The predicted octanol–water partition coefficient (Wildman–Crippen LogP) is 9.12. The van der Waals surface area contributed by atoms with Gasteiger partial charge in [-0.25, -0.2) is 23.5 Å². The second-order valence-corrected chi connectivity index (χ2v) is 16.6. The van der Waals surface area contributed by atoms with Crippen LogP contribution >= 0.6 is 7.60 Å². The van der Waals surface area contributed by atoms with Crippen LogP contribution in [-0.2, 0) is 27.0 Å². The van der Waals surface area contributed by atoms with Crippen LogP contribution in [0.2, 0.25) is 0 Å². The summed E-state index contributed by atoms with van der Waals surface area (Å²) in [4.78, 5) is 30.0. The van der Waals surface area contributed by atoms with Crippen molar-refractivity contribution in [3.63, 3.8) is 0 Å². The molecule has 0 amide bonds. The minimum absolute atomic E-state index is 0.0790. The standard InChI is InChI=1S/C39H45FN3O8P/c1-10-24-21-29(40)32(41)33-34(24)43(22-23(2)3)35(42-33)30-19-20-31(47-30)52(46,50-27-15-11-25(12-16-27)36(44)48-38(4,5)6)51-28-17-13-26(14-18-28)37(45)49-39(7,8)9/h11-21,23H,10,22,41H2,1-9H3. The Bertz CT molecular complexity index is 2060. The maximum Gasteiger partial charge on any atom is 0.498 e. The summed E-state index contributed by atoms with van der Waals surface area (Å²) in [6, 6.07) is 16.3. The third-order valence-electron chi connectivity index (χ3n) is 7.52. The number of hydrogen-bond donors (Lipinski definition) is 1. The molecule has 52 heavy (non-hydrogen) atoms. The van der Waals surface area contributed by atoms with E-state index >= 15 is 0 Å². The first kappa shape index (κ1) is 38.1. The Morgan fingerprint density at radius 1 is 0.865 bits per heavy atom. The van der Waals surface area contributed by atoms with E-state index in [-0.39, 0.29) is 45.5 Å². The Morgan fingerprint density at radius 2 is 1.37 bits per heavy atom. The largest absolute Gasteiger partial charge is 0.498 e. The van der Waals surface area contributed by atoms with Gasteiger partial charge in [-0.05, 0) is 126 Å². The second-order valence-electron chi connectivity index (χ2n) is 14.8. The molecular weight excluding hydrogens is 688 g/mol. The number of carbonyl (C=O) groups is 2. The van der Waals surface area contributed by atoms with Crippen molar-refractivity contribution in [1.82, 2.24) is 9.55 Å². The highest BCUT2D eigenvalue weighted by molar-refractivity contribution is 7.62. The summed E-state index contributed by atoms with van der Waals surface area (Å²) in [5.74, 6) is -0.647. The molecular formula is C39H45FN3O8P. The number of furan rings is 1. The van der Waals surface area contributed by atoms with Crippen LogP contribution < -0.4 is 20.3 Å². The van der Waals surface area contributed by atoms with E-state index in [2.05, 4.69) is 0 Å². The number of nitrogen functional groups attached to an aromatic ring is 1. The third kappa shape index (κ3) is 8.67. The van der Waals surface area contributed by atoms with Gasteiger partial charge in [0.25, 0.3) is 0 Å². The number of nitrogens with zero attached hydrogens (tertiary/aromatic N) is 2. The summed E-state index contributed by atoms with van der Waals surface area (Å²) in [5, 5.41) is 0. The van der Waals surface area contributed by atoms with Gasteiger partial charge in [-0.1, -0.05) is 20.8 Å². The molecule has 276 valence electrons. The molecule has 2 aromatic heterocycles. The van der Waals surface area contributed by atoms with Crippen molar-refractivity contribution in [3.05, 3.63) is 89.2 Å². The van der Waals surface area contributed by atoms with Crippen LogP contribution in [0.25, 0.3) is 22.6 Å². The quantitative estimate of drug-likeness (QED) is 0.0792. The molecule has 5 rings (SSSR count). The lowest BCUT2D eigenvalue weighted by Gasteiger charge is -2.20.